The third-order valence-corrected chi connectivity index (χ3v) is 2.63. The lowest BCUT2D eigenvalue weighted by molar-refractivity contribution is -0.120. The zero-order valence-corrected chi connectivity index (χ0v) is 13.1. The average molecular weight is 292 g/mol. The molecule has 116 valence electrons. The topological polar surface area (TPSA) is 83.1 Å². The van der Waals surface area contributed by atoms with Crippen LogP contribution in [0.4, 0.5) is 5.82 Å². The molecule has 1 rings (SSSR count). The monoisotopic (exact) mass is 292 g/mol. The Kier molecular flexibility index (Phi) is 6.65. The van der Waals surface area contributed by atoms with E-state index in [9.17, 15) is 9.59 Å². The highest BCUT2D eigenvalue weighted by Crippen LogP contribution is 2.10. The van der Waals surface area contributed by atoms with Crippen molar-refractivity contribution in [2.45, 2.75) is 40.2 Å². The zero-order chi connectivity index (χ0) is 15.8. The van der Waals surface area contributed by atoms with Crippen LogP contribution in [0, 0.1) is 6.92 Å². The van der Waals surface area contributed by atoms with E-state index in [-0.39, 0.29) is 24.4 Å². The van der Waals surface area contributed by atoms with Gasteiger partial charge in [-0.3, -0.25) is 9.59 Å². The lowest BCUT2D eigenvalue weighted by atomic mass is 10.2. The van der Waals surface area contributed by atoms with Gasteiger partial charge in [-0.05, 0) is 39.3 Å². The smallest absolute Gasteiger partial charge is 0.251 e. The molecule has 0 aromatic carbocycles. The number of hydrogen-bond donors (Lipinski definition) is 3. The number of hydrogen-bond acceptors (Lipinski definition) is 4. The number of carbonyl (C=O) groups excluding carboxylic acids is 2. The normalized spacial score (nSPS) is 10.3. The Hall–Kier alpha value is -2.11. The minimum atomic E-state index is -0.279. The van der Waals surface area contributed by atoms with Gasteiger partial charge in [0.1, 0.15) is 5.82 Å². The van der Waals surface area contributed by atoms with Gasteiger partial charge in [-0.25, -0.2) is 4.98 Å². The number of nitrogens with zero attached hydrogens (tertiary/aromatic N) is 1. The third kappa shape index (κ3) is 6.25. The molecule has 0 bridgehead atoms. The van der Waals surface area contributed by atoms with E-state index in [0.717, 1.165) is 18.7 Å². The molecular weight excluding hydrogens is 268 g/mol. The molecule has 0 radical (unpaired) electrons. The first-order chi connectivity index (χ1) is 9.92. The Bertz CT molecular complexity index is 500. The summed E-state index contributed by atoms with van der Waals surface area (Å²) < 4.78 is 0. The molecule has 0 saturated carbocycles. The quantitative estimate of drug-likeness (QED) is 0.710. The summed E-state index contributed by atoms with van der Waals surface area (Å²) in [6.45, 7) is 8.41. The molecule has 0 spiro atoms. The van der Waals surface area contributed by atoms with Gasteiger partial charge < -0.3 is 16.0 Å². The highest BCUT2D eigenvalue weighted by molar-refractivity contribution is 5.97. The fraction of sp³-hybridized carbons (Fsp3) is 0.533. The van der Waals surface area contributed by atoms with Crippen molar-refractivity contribution in [1.82, 2.24) is 15.6 Å². The lowest BCUT2D eigenvalue weighted by Gasteiger charge is -2.11. The standard InChI is InChI=1S/C15H24N4O2/c1-5-6-16-13-8-12(7-11(4)19-13)15(21)17-9-14(20)18-10(2)3/h7-8,10H,5-6,9H2,1-4H3,(H,16,19)(H,17,21)(H,18,20). The van der Waals surface area contributed by atoms with Gasteiger partial charge in [0.2, 0.25) is 5.91 Å². The van der Waals surface area contributed by atoms with E-state index in [1.165, 1.54) is 0 Å². The molecule has 2 amide bonds. The van der Waals surface area contributed by atoms with E-state index in [1.54, 1.807) is 12.1 Å². The van der Waals surface area contributed by atoms with E-state index in [1.807, 2.05) is 20.8 Å². The number of aryl methyl sites for hydroxylation is 1. The molecule has 0 unspecified atom stereocenters. The number of anilines is 1. The number of nitrogens with one attached hydrogen (secondary N) is 3. The second kappa shape index (κ2) is 8.24. The van der Waals surface area contributed by atoms with Gasteiger partial charge in [-0.1, -0.05) is 6.92 Å². The second-order valence-corrected chi connectivity index (χ2v) is 5.21. The first-order valence-electron chi connectivity index (χ1n) is 7.22. The summed E-state index contributed by atoms with van der Waals surface area (Å²) >= 11 is 0. The van der Waals surface area contributed by atoms with E-state index in [2.05, 4.69) is 27.9 Å². The fourth-order valence-electron chi connectivity index (χ4n) is 1.78. The highest BCUT2D eigenvalue weighted by atomic mass is 16.2. The molecule has 0 aliphatic carbocycles. The second-order valence-electron chi connectivity index (χ2n) is 5.21. The van der Waals surface area contributed by atoms with Gasteiger partial charge in [0, 0.05) is 23.8 Å². The Morgan fingerprint density at radius 1 is 1.29 bits per heavy atom. The average Bonchev–Trinajstić information content (AvgIpc) is 2.41. The number of carbonyl (C=O) groups is 2. The van der Waals surface area contributed by atoms with Crippen LogP contribution in [0.3, 0.4) is 0 Å². The molecular formula is C15H24N4O2. The Morgan fingerprint density at radius 2 is 2.00 bits per heavy atom. The van der Waals surface area contributed by atoms with Crippen molar-refractivity contribution >= 4 is 17.6 Å². The number of aromatic nitrogens is 1. The molecule has 1 aromatic rings. The first kappa shape index (κ1) is 16.9. The molecule has 1 heterocycles. The highest BCUT2D eigenvalue weighted by Gasteiger charge is 2.10. The van der Waals surface area contributed by atoms with Crippen molar-refractivity contribution in [2.24, 2.45) is 0 Å². The molecule has 21 heavy (non-hydrogen) atoms. The van der Waals surface area contributed by atoms with Crippen LogP contribution >= 0.6 is 0 Å². The van der Waals surface area contributed by atoms with Gasteiger partial charge in [-0.15, -0.1) is 0 Å². The van der Waals surface area contributed by atoms with Crippen LogP contribution in [0.5, 0.6) is 0 Å². The maximum atomic E-state index is 12.1. The SMILES string of the molecule is CCCNc1cc(C(=O)NCC(=O)NC(C)C)cc(C)n1. The van der Waals surface area contributed by atoms with Crippen molar-refractivity contribution in [2.75, 3.05) is 18.4 Å². The van der Waals surface area contributed by atoms with E-state index in [4.69, 9.17) is 0 Å². The van der Waals surface area contributed by atoms with Crippen molar-refractivity contribution < 1.29 is 9.59 Å². The van der Waals surface area contributed by atoms with Crippen LogP contribution in [-0.4, -0.2) is 35.9 Å². The van der Waals surface area contributed by atoms with E-state index < -0.39 is 0 Å². The van der Waals surface area contributed by atoms with Gasteiger partial charge >= 0.3 is 0 Å². The summed E-state index contributed by atoms with van der Waals surface area (Å²) in [7, 11) is 0. The molecule has 3 N–H and O–H groups in total. The molecule has 6 nitrogen and oxygen atoms in total. The third-order valence-electron chi connectivity index (χ3n) is 2.63. The predicted octanol–water partition coefficient (Wildman–Crippen LogP) is 1.47. The zero-order valence-electron chi connectivity index (χ0n) is 13.1. The maximum absolute atomic E-state index is 12.1. The van der Waals surface area contributed by atoms with Crippen molar-refractivity contribution in [3.05, 3.63) is 23.4 Å². The molecule has 0 saturated heterocycles. The molecule has 1 aromatic heterocycles. The summed E-state index contributed by atoms with van der Waals surface area (Å²) in [5.74, 6) is 0.195. The Morgan fingerprint density at radius 3 is 2.62 bits per heavy atom. The van der Waals surface area contributed by atoms with Crippen LogP contribution in [0.2, 0.25) is 0 Å². The summed E-state index contributed by atoms with van der Waals surface area (Å²) in [6, 6.07) is 3.45. The van der Waals surface area contributed by atoms with Crippen molar-refractivity contribution in [3.63, 3.8) is 0 Å². The van der Waals surface area contributed by atoms with Crippen molar-refractivity contribution in [1.29, 1.82) is 0 Å². The Balaban J connectivity index is 2.65. The van der Waals surface area contributed by atoms with Gasteiger partial charge in [0.05, 0.1) is 6.54 Å². The Labute approximate surface area is 125 Å². The lowest BCUT2D eigenvalue weighted by Crippen LogP contribution is -2.39. The minimum absolute atomic E-state index is 0.0316. The number of rotatable bonds is 7. The minimum Gasteiger partial charge on any atom is -0.370 e. The number of amides is 2. The van der Waals surface area contributed by atoms with E-state index in [0.29, 0.717) is 11.4 Å². The molecule has 0 atom stereocenters. The molecule has 6 heteroatoms. The summed E-state index contributed by atoms with van der Waals surface area (Å²) in [5, 5.41) is 8.48. The predicted molar refractivity (Wildman–Crippen MR) is 83.4 cm³/mol. The largest absolute Gasteiger partial charge is 0.370 e. The van der Waals surface area contributed by atoms with Gasteiger partial charge in [0.15, 0.2) is 0 Å². The summed E-state index contributed by atoms with van der Waals surface area (Å²) in [5.41, 5.74) is 1.26. The van der Waals surface area contributed by atoms with Crippen LogP contribution in [-0.2, 0) is 4.79 Å². The molecule has 0 aliphatic rings. The van der Waals surface area contributed by atoms with Crippen LogP contribution in [0.25, 0.3) is 0 Å². The molecule has 0 aliphatic heterocycles. The number of pyridine rings is 1. The van der Waals surface area contributed by atoms with Gasteiger partial charge in [-0.2, -0.15) is 0 Å². The first-order valence-corrected chi connectivity index (χ1v) is 7.22. The van der Waals surface area contributed by atoms with Crippen molar-refractivity contribution in [3.8, 4) is 0 Å². The van der Waals surface area contributed by atoms with Crippen LogP contribution in [0.15, 0.2) is 12.1 Å². The van der Waals surface area contributed by atoms with Crippen LogP contribution < -0.4 is 16.0 Å². The molecule has 0 fully saturated rings. The fourth-order valence-corrected chi connectivity index (χ4v) is 1.78. The maximum Gasteiger partial charge on any atom is 0.251 e. The summed E-state index contributed by atoms with van der Waals surface area (Å²) in [6.07, 6.45) is 0.979. The van der Waals surface area contributed by atoms with Crippen LogP contribution in [0.1, 0.15) is 43.2 Å². The van der Waals surface area contributed by atoms with Gasteiger partial charge in [0.25, 0.3) is 5.91 Å². The summed E-state index contributed by atoms with van der Waals surface area (Å²) in [4.78, 5) is 27.9. The van der Waals surface area contributed by atoms with E-state index >= 15 is 0 Å².